The quantitative estimate of drug-likeness (QED) is 0.547. The Morgan fingerprint density at radius 2 is 1.68 bits per heavy atom. The molecule has 5 heteroatoms. The van der Waals surface area contributed by atoms with Crippen molar-refractivity contribution in [2.45, 2.75) is 45.4 Å². The number of benzene rings is 2. The van der Waals surface area contributed by atoms with Gasteiger partial charge in [0.1, 0.15) is 6.10 Å². The Balaban J connectivity index is 1.53. The van der Waals surface area contributed by atoms with Crippen LogP contribution in [0.2, 0.25) is 0 Å². The highest BCUT2D eigenvalue weighted by molar-refractivity contribution is 5.94. The van der Waals surface area contributed by atoms with E-state index in [1.54, 1.807) is 48.5 Å². The Bertz CT molecular complexity index is 983. The van der Waals surface area contributed by atoms with Crippen molar-refractivity contribution < 1.29 is 19.4 Å². The molecule has 162 valence electrons. The minimum absolute atomic E-state index is 0.0785. The zero-order valence-corrected chi connectivity index (χ0v) is 18.1. The number of rotatable bonds is 6. The van der Waals surface area contributed by atoms with Crippen LogP contribution in [-0.2, 0) is 9.53 Å². The summed E-state index contributed by atoms with van der Waals surface area (Å²) in [6.45, 7) is 6.48. The Morgan fingerprint density at radius 3 is 2.26 bits per heavy atom. The lowest BCUT2D eigenvalue weighted by atomic mass is 9.48. The summed E-state index contributed by atoms with van der Waals surface area (Å²) in [5, 5.41) is 13.8. The number of ether oxygens (including phenoxy) is 1. The number of allylic oxidation sites excluding steroid dienone is 1. The second-order valence-corrected chi connectivity index (χ2v) is 9.20. The van der Waals surface area contributed by atoms with Crippen molar-refractivity contribution in [2.24, 2.45) is 17.3 Å². The van der Waals surface area contributed by atoms with Crippen molar-refractivity contribution in [2.75, 3.05) is 0 Å². The first kappa shape index (κ1) is 21.3. The second kappa shape index (κ2) is 8.31. The molecule has 2 aromatic carbocycles. The lowest BCUT2D eigenvalue weighted by Crippen LogP contribution is -2.55. The van der Waals surface area contributed by atoms with E-state index < -0.39 is 18.1 Å². The molecule has 2 N–H and O–H groups in total. The fourth-order valence-corrected chi connectivity index (χ4v) is 5.06. The molecule has 0 aromatic heterocycles. The Labute approximate surface area is 183 Å². The third-order valence-electron chi connectivity index (χ3n) is 7.01. The van der Waals surface area contributed by atoms with E-state index in [1.165, 1.54) is 5.57 Å². The number of fused-ring (bicyclic) bond motifs is 1. The molecule has 3 aliphatic rings. The van der Waals surface area contributed by atoms with Gasteiger partial charge in [0, 0.05) is 11.5 Å². The maximum absolute atomic E-state index is 13.0. The molecule has 2 aromatic rings. The monoisotopic (exact) mass is 419 g/mol. The number of esters is 1. The summed E-state index contributed by atoms with van der Waals surface area (Å²) in [5.41, 5.74) is 2.40. The Morgan fingerprint density at radius 1 is 1.06 bits per heavy atom. The zero-order chi connectivity index (χ0) is 22.2. The van der Waals surface area contributed by atoms with Crippen LogP contribution in [0.3, 0.4) is 0 Å². The van der Waals surface area contributed by atoms with Gasteiger partial charge in [-0.3, -0.25) is 4.79 Å². The lowest BCUT2D eigenvalue weighted by Gasteiger charge is -2.58. The first-order chi connectivity index (χ1) is 14.8. The van der Waals surface area contributed by atoms with Crippen molar-refractivity contribution in [3.05, 3.63) is 83.4 Å². The van der Waals surface area contributed by atoms with Gasteiger partial charge in [-0.05, 0) is 48.4 Å². The van der Waals surface area contributed by atoms with Crippen molar-refractivity contribution in [1.29, 1.82) is 0 Å². The molecule has 0 radical (unpaired) electrons. The van der Waals surface area contributed by atoms with E-state index in [1.807, 2.05) is 18.2 Å². The average Bonchev–Trinajstić information content (AvgIpc) is 2.77. The maximum atomic E-state index is 13.0. The number of carbonyl (C=O) groups is 2. The average molecular weight is 420 g/mol. The number of hydrogen-bond donors (Lipinski definition) is 2. The van der Waals surface area contributed by atoms with Gasteiger partial charge in [0.05, 0.1) is 6.04 Å². The highest BCUT2D eigenvalue weighted by Gasteiger charge is 2.55. The third-order valence-corrected chi connectivity index (χ3v) is 7.01. The summed E-state index contributed by atoms with van der Waals surface area (Å²) in [6.07, 6.45) is 1.12. The van der Waals surface area contributed by atoms with Crippen LogP contribution in [0.4, 0.5) is 0 Å². The van der Waals surface area contributed by atoms with E-state index >= 15 is 0 Å². The van der Waals surface area contributed by atoms with E-state index in [0.29, 0.717) is 17.0 Å². The summed E-state index contributed by atoms with van der Waals surface area (Å²) in [7, 11) is 0. The van der Waals surface area contributed by atoms with Crippen molar-refractivity contribution in [3.63, 3.8) is 0 Å². The maximum Gasteiger partial charge on any atom is 0.338 e. The third kappa shape index (κ3) is 4.02. The van der Waals surface area contributed by atoms with E-state index in [-0.39, 0.29) is 23.3 Å². The fraction of sp³-hybridized carbons (Fsp3) is 0.385. The van der Waals surface area contributed by atoms with Gasteiger partial charge < -0.3 is 15.2 Å². The molecule has 2 bridgehead atoms. The number of amides is 1. The molecule has 0 heterocycles. The topological polar surface area (TPSA) is 75.6 Å². The zero-order valence-electron chi connectivity index (χ0n) is 18.1. The van der Waals surface area contributed by atoms with Crippen LogP contribution >= 0.6 is 0 Å². The predicted molar refractivity (Wildman–Crippen MR) is 118 cm³/mol. The number of carbonyl (C=O) groups excluding carboxylic acids is 2. The van der Waals surface area contributed by atoms with Crippen molar-refractivity contribution >= 4 is 11.9 Å². The number of aliphatic hydroxyl groups is 1. The van der Waals surface area contributed by atoms with Crippen molar-refractivity contribution in [3.8, 4) is 0 Å². The summed E-state index contributed by atoms with van der Waals surface area (Å²) in [6, 6.07) is 16.8. The van der Waals surface area contributed by atoms with Gasteiger partial charge in [0.25, 0.3) is 5.91 Å². The van der Waals surface area contributed by atoms with E-state index in [2.05, 4.69) is 26.1 Å². The van der Waals surface area contributed by atoms with Gasteiger partial charge in [0.15, 0.2) is 6.10 Å². The van der Waals surface area contributed by atoms with Gasteiger partial charge in [-0.15, -0.1) is 0 Å². The van der Waals surface area contributed by atoms with E-state index in [0.717, 1.165) is 6.42 Å². The van der Waals surface area contributed by atoms with Gasteiger partial charge in [0.2, 0.25) is 0 Å². The van der Waals surface area contributed by atoms with Crippen molar-refractivity contribution in [1.82, 2.24) is 5.32 Å². The minimum atomic E-state index is -1.52. The molecule has 0 spiro atoms. The summed E-state index contributed by atoms with van der Waals surface area (Å²) >= 11 is 0. The molecule has 1 saturated carbocycles. The molecule has 5 atom stereocenters. The smallest absolute Gasteiger partial charge is 0.338 e. The molecular formula is C26H29NO4. The SMILES string of the molecule is CC1=CC(OC(=O)[C@H](O)[C@@H](NC(=O)c2ccccc2)c2ccccc2)C2CC1C2(C)C. The second-order valence-electron chi connectivity index (χ2n) is 9.20. The first-order valence-electron chi connectivity index (χ1n) is 10.8. The standard InChI is InChI=1S/C26H29NO4/c1-16-14-21(20-15-19(16)26(20,2)3)31-25(30)23(28)22(17-10-6-4-7-11-17)27-24(29)18-12-8-5-9-13-18/h4-14,19-23,28H,15H2,1-3H3,(H,27,29)/t19?,20?,21?,22-,23+/m0/s1. The van der Waals surface area contributed by atoms with Crippen LogP contribution in [0.25, 0.3) is 0 Å². The molecule has 31 heavy (non-hydrogen) atoms. The molecule has 1 fully saturated rings. The van der Waals surface area contributed by atoms with Crippen LogP contribution in [0.5, 0.6) is 0 Å². The molecule has 3 unspecified atom stereocenters. The van der Waals surface area contributed by atoms with Gasteiger partial charge in [-0.25, -0.2) is 4.79 Å². The molecule has 1 amide bonds. The minimum Gasteiger partial charge on any atom is -0.456 e. The Hall–Kier alpha value is -2.92. The number of aliphatic hydroxyl groups excluding tert-OH is 1. The van der Waals surface area contributed by atoms with Crippen LogP contribution in [-0.4, -0.2) is 29.2 Å². The number of hydrogen-bond acceptors (Lipinski definition) is 4. The lowest BCUT2D eigenvalue weighted by molar-refractivity contribution is -0.171. The van der Waals surface area contributed by atoms with Gasteiger partial charge >= 0.3 is 5.97 Å². The first-order valence-corrected chi connectivity index (χ1v) is 10.8. The van der Waals surface area contributed by atoms with Crippen LogP contribution in [0.15, 0.2) is 72.3 Å². The number of nitrogens with one attached hydrogen (secondary N) is 1. The van der Waals surface area contributed by atoms with E-state index in [4.69, 9.17) is 4.74 Å². The molecule has 5 rings (SSSR count). The van der Waals surface area contributed by atoms with Crippen LogP contribution in [0, 0.1) is 17.3 Å². The van der Waals surface area contributed by atoms with Gasteiger partial charge in [-0.1, -0.05) is 68.0 Å². The fourth-order valence-electron chi connectivity index (χ4n) is 5.06. The highest BCUT2D eigenvalue weighted by atomic mass is 16.6. The molecular weight excluding hydrogens is 390 g/mol. The summed E-state index contributed by atoms with van der Waals surface area (Å²) < 4.78 is 5.78. The summed E-state index contributed by atoms with van der Waals surface area (Å²) in [5.74, 6) is -0.318. The predicted octanol–water partition coefficient (Wildman–Crippen LogP) is 4.05. The molecule has 5 nitrogen and oxygen atoms in total. The molecule has 0 aliphatic heterocycles. The van der Waals surface area contributed by atoms with Crippen LogP contribution < -0.4 is 5.32 Å². The van der Waals surface area contributed by atoms with E-state index in [9.17, 15) is 14.7 Å². The largest absolute Gasteiger partial charge is 0.456 e. The molecule has 3 aliphatic carbocycles. The van der Waals surface area contributed by atoms with Crippen LogP contribution in [0.1, 0.15) is 49.2 Å². The van der Waals surface area contributed by atoms with Gasteiger partial charge in [-0.2, -0.15) is 0 Å². The Kier molecular flexibility index (Phi) is 5.71. The normalized spacial score (nSPS) is 25.4. The highest BCUT2D eigenvalue weighted by Crippen LogP contribution is 2.59. The summed E-state index contributed by atoms with van der Waals surface area (Å²) in [4.78, 5) is 25.7. The molecule has 0 saturated heterocycles.